The molecule has 1 aromatic rings. The number of rotatable bonds is 1. The van der Waals surface area contributed by atoms with Crippen LogP contribution in [0.2, 0.25) is 0 Å². The van der Waals surface area contributed by atoms with Crippen LogP contribution in [0.4, 0.5) is 0 Å². The lowest BCUT2D eigenvalue weighted by Gasteiger charge is -2.09. The molecule has 1 fully saturated rings. The Morgan fingerprint density at radius 1 is 1.54 bits per heavy atom. The van der Waals surface area contributed by atoms with Crippen LogP contribution in [0.3, 0.4) is 0 Å². The highest BCUT2D eigenvalue weighted by Crippen LogP contribution is 2.32. The molecule has 0 saturated carbocycles. The highest BCUT2D eigenvalue weighted by Gasteiger charge is 2.30. The van der Waals surface area contributed by atoms with Gasteiger partial charge in [-0.15, -0.1) is 11.3 Å². The first-order chi connectivity index (χ1) is 6.16. The quantitative estimate of drug-likeness (QED) is 0.684. The highest BCUT2D eigenvalue weighted by molar-refractivity contribution is 7.09. The van der Waals surface area contributed by atoms with Gasteiger partial charge >= 0.3 is 0 Å². The van der Waals surface area contributed by atoms with Crippen molar-refractivity contribution in [2.24, 2.45) is 5.92 Å². The van der Waals surface area contributed by atoms with E-state index in [2.05, 4.69) is 36.2 Å². The van der Waals surface area contributed by atoms with Gasteiger partial charge in [-0.05, 0) is 19.9 Å². The second kappa shape index (κ2) is 3.39. The molecule has 0 amide bonds. The molecule has 2 heterocycles. The van der Waals surface area contributed by atoms with E-state index in [1.807, 2.05) is 11.3 Å². The maximum absolute atomic E-state index is 4.57. The van der Waals surface area contributed by atoms with Crippen molar-refractivity contribution in [1.29, 1.82) is 0 Å². The third kappa shape index (κ3) is 1.76. The Morgan fingerprint density at radius 2 is 2.31 bits per heavy atom. The Balaban J connectivity index is 2.17. The fraction of sp³-hybridized carbons (Fsp3) is 0.700. The lowest BCUT2D eigenvalue weighted by Crippen LogP contribution is -2.13. The van der Waals surface area contributed by atoms with Crippen molar-refractivity contribution in [3.8, 4) is 0 Å². The first kappa shape index (κ1) is 9.16. The summed E-state index contributed by atoms with van der Waals surface area (Å²) in [5, 5.41) is 3.48. The van der Waals surface area contributed by atoms with Gasteiger partial charge < -0.3 is 4.90 Å². The number of hydrogen-bond donors (Lipinski definition) is 0. The average molecular weight is 196 g/mol. The van der Waals surface area contributed by atoms with Crippen LogP contribution in [0.15, 0.2) is 5.38 Å². The zero-order valence-corrected chi connectivity index (χ0v) is 9.27. The van der Waals surface area contributed by atoms with Crippen LogP contribution in [0.1, 0.15) is 23.5 Å². The lowest BCUT2D eigenvalue weighted by molar-refractivity contribution is 0.401. The summed E-state index contributed by atoms with van der Waals surface area (Å²) in [5.74, 6) is 1.43. The van der Waals surface area contributed by atoms with Crippen LogP contribution in [0, 0.1) is 12.8 Å². The lowest BCUT2D eigenvalue weighted by atomic mass is 9.99. The molecule has 2 unspecified atom stereocenters. The summed E-state index contributed by atoms with van der Waals surface area (Å²) in [5.41, 5.74) is 1.17. The summed E-state index contributed by atoms with van der Waals surface area (Å²) in [7, 11) is 2.19. The molecule has 13 heavy (non-hydrogen) atoms. The zero-order valence-electron chi connectivity index (χ0n) is 8.45. The Labute approximate surface area is 83.6 Å². The number of nitrogens with zero attached hydrogens (tertiary/aromatic N) is 2. The number of hydrogen-bond acceptors (Lipinski definition) is 3. The van der Waals surface area contributed by atoms with Crippen LogP contribution in [0.25, 0.3) is 0 Å². The molecule has 72 valence electrons. The van der Waals surface area contributed by atoms with Gasteiger partial charge in [0.15, 0.2) is 0 Å². The van der Waals surface area contributed by atoms with E-state index in [1.165, 1.54) is 23.8 Å². The van der Waals surface area contributed by atoms with Gasteiger partial charge in [0.2, 0.25) is 0 Å². The van der Waals surface area contributed by atoms with Crippen molar-refractivity contribution in [2.45, 2.75) is 19.8 Å². The first-order valence-corrected chi connectivity index (χ1v) is 5.65. The molecule has 0 aliphatic carbocycles. The average Bonchev–Trinajstić information content (AvgIpc) is 2.58. The molecule has 1 aliphatic rings. The van der Waals surface area contributed by atoms with E-state index >= 15 is 0 Å². The number of likely N-dealkylation sites (N-methyl/N-ethyl adjacent to an activating group) is 1. The smallest absolute Gasteiger partial charge is 0.0975 e. The molecule has 0 radical (unpaired) electrons. The van der Waals surface area contributed by atoms with Gasteiger partial charge in [0.1, 0.15) is 0 Å². The fourth-order valence-electron chi connectivity index (χ4n) is 2.07. The number of aryl methyl sites for hydroxylation is 1. The number of likely N-dealkylation sites (tertiary alicyclic amines) is 1. The van der Waals surface area contributed by atoms with E-state index in [0.717, 1.165) is 5.92 Å². The number of thiazole rings is 1. The Kier molecular flexibility index (Phi) is 2.39. The van der Waals surface area contributed by atoms with Crippen LogP contribution >= 0.6 is 11.3 Å². The third-order valence-electron chi connectivity index (χ3n) is 2.75. The predicted octanol–water partition coefficient (Wildman–Crippen LogP) is 2.12. The van der Waals surface area contributed by atoms with Gasteiger partial charge in [-0.1, -0.05) is 6.92 Å². The van der Waals surface area contributed by atoms with Crippen LogP contribution < -0.4 is 0 Å². The van der Waals surface area contributed by atoms with Crippen molar-refractivity contribution in [3.63, 3.8) is 0 Å². The summed E-state index contributed by atoms with van der Waals surface area (Å²) in [4.78, 5) is 6.96. The fourth-order valence-corrected chi connectivity index (χ4v) is 3.10. The van der Waals surface area contributed by atoms with E-state index < -0.39 is 0 Å². The summed E-state index contributed by atoms with van der Waals surface area (Å²) < 4.78 is 0. The largest absolute Gasteiger partial charge is 0.305 e. The highest BCUT2D eigenvalue weighted by atomic mass is 32.1. The maximum atomic E-state index is 4.57. The summed E-state index contributed by atoms with van der Waals surface area (Å²) >= 11 is 1.81. The summed E-state index contributed by atoms with van der Waals surface area (Å²) in [6, 6.07) is 0. The zero-order chi connectivity index (χ0) is 9.42. The summed E-state index contributed by atoms with van der Waals surface area (Å²) in [6.45, 7) is 6.78. The molecule has 0 N–H and O–H groups in total. The topological polar surface area (TPSA) is 16.1 Å². The van der Waals surface area contributed by atoms with Gasteiger partial charge in [-0.25, -0.2) is 4.98 Å². The Morgan fingerprint density at radius 3 is 2.77 bits per heavy atom. The van der Waals surface area contributed by atoms with Crippen LogP contribution in [0.5, 0.6) is 0 Å². The molecule has 1 aliphatic heterocycles. The van der Waals surface area contributed by atoms with E-state index in [9.17, 15) is 0 Å². The molecular formula is C10H16N2S. The monoisotopic (exact) mass is 196 g/mol. The standard InChI is InChI=1S/C10H16N2S/c1-7-4-12(3)5-9(7)10-11-8(2)6-13-10/h6-7,9H,4-5H2,1-3H3. The maximum Gasteiger partial charge on any atom is 0.0975 e. The minimum atomic E-state index is 0.670. The minimum absolute atomic E-state index is 0.670. The Bertz CT molecular complexity index is 295. The molecule has 1 aromatic heterocycles. The molecule has 2 nitrogen and oxygen atoms in total. The van der Waals surface area contributed by atoms with E-state index in [-0.39, 0.29) is 0 Å². The summed E-state index contributed by atoms with van der Waals surface area (Å²) in [6.07, 6.45) is 0. The van der Waals surface area contributed by atoms with Crippen molar-refractivity contribution in [2.75, 3.05) is 20.1 Å². The molecule has 2 atom stereocenters. The normalized spacial score (nSPS) is 29.8. The van der Waals surface area contributed by atoms with Crippen molar-refractivity contribution in [1.82, 2.24) is 9.88 Å². The second-order valence-corrected chi connectivity index (χ2v) is 5.02. The van der Waals surface area contributed by atoms with Gasteiger partial charge in [0.25, 0.3) is 0 Å². The van der Waals surface area contributed by atoms with Crippen LogP contribution in [-0.2, 0) is 0 Å². The third-order valence-corrected chi connectivity index (χ3v) is 3.84. The molecular weight excluding hydrogens is 180 g/mol. The van der Waals surface area contributed by atoms with E-state index in [0.29, 0.717) is 5.92 Å². The van der Waals surface area contributed by atoms with Crippen LogP contribution in [-0.4, -0.2) is 30.0 Å². The second-order valence-electron chi connectivity index (χ2n) is 4.13. The van der Waals surface area contributed by atoms with Gasteiger partial charge in [0, 0.05) is 30.1 Å². The van der Waals surface area contributed by atoms with E-state index in [4.69, 9.17) is 0 Å². The Hall–Kier alpha value is -0.410. The SMILES string of the molecule is Cc1csc(C2CN(C)CC2C)n1. The molecule has 3 heteroatoms. The van der Waals surface area contributed by atoms with Gasteiger partial charge in [-0.2, -0.15) is 0 Å². The van der Waals surface area contributed by atoms with Crippen molar-refractivity contribution in [3.05, 3.63) is 16.1 Å². The van der Waals surface area contributed by atoms with Gasteiger partial charge in [-0.3, -0.25) is 0 Å². The van der Waals surface area contributed by atoms with E-state index in [1.54, 1.807) is 0 Å². The molecule has 2 rings (SSSR count). The van der Waals surface area contributed by atoms with Crippen molar-refractivity contribution < 1.29 is 0 Å². The predicted molar refractivity (Wildman–Crippen MR) is 56.3 cm³/mol. The number of aromatic nitrogens is 1. The van der Waals surface area contributed by atoms with Gasteiger partial charge in [0.05, 0.1) is 5.01 Å². The first-order valence-electron chi connectivity index (χ1n) is 4.77. The molecule has 0 spiro atoms. The molecule has 0 aromatic carbocycles. The minimum Gasteiger partial charge on any atom is -0.305 e. The van der Waals surface area contributed by atoms with Crippen molar-refractivity contribution >= 4 is 11.3 Å². The molecule has 0 bridgehead atoms. The molecule has 1 saturated heterocycles.